The minimum atomic E-state index is -0.290. The van der Waals surface area contributed by atoms with Gasteiger partial charge in [0, 0.05) is 6.54 Å². The van der Waals surface area contributed by atoms with Crippen molar-refractivity contribution in [1.29, 1.82) is 0 Å². The summed E-state index contributed by atoms with van der Waals surface area (Å²) in [6.07, 6.45) is -0.0349. The van der Waals surface area contributed by atoms with Crippen LogP contribution in [0.2, 0.25) is 0 Å². The van der Waals surface area contributed by atoms with Crippen molar-refractivity contribution in [3.63, 3.8) is 0 Å². The zero-order valence-electron chi connectivity index (χ0n) is 10.2. The highest BCUT2D eigenvalue weighted by Gasteiger charge is 2.16. The van der Waals surface area contributed by atoms with Crippen LogP contribution in [0.1, 0.15) is 20.8 Å². The first-order chi connectivity index (χ1) is 7.47. The molecule has 1 aliphatic rings. The number of hydrogen-bond donors (Lipinski definition) is 1. The first-order valence-electron chi connectivity index (χ1n) is 5.57. The number of amides is 1. The molecule has 1 heterocycles. The molecule has 1 atom stereocenters. The number of rotatable bonds is 4. The van der Waals surface area contributed by atoms with E-state index in [0.717, 1.165) is 0 Å². The van der Waals surface area contributed by atoms with Gasteiger partial charge in [-0.2, -0.15) is 0 Å². The van der Waals surface area contributed by atoms with Gasteiger partial charge in [0.2, 0.25) is 5.91 Å². The van der Waals surface area contributed by atoms with Crippen LogP contribution in [0.4, 0.5) is 0 Å². The van der Waals surface area contributed by atoms with Gasteiger partial charge in [-0.25, -0.2) is 0 Å². The molecule has 1 aliphatic heterocycles. The van der Waals surface area contributed by atoms with Gasteiger partial charge in [-0.15, -0.1) is 0 Å². The van der Waals surface area contributed by atoms with Gasteiger partial charge in [0.1, 0.15) is 6.61 Å². The normalized spacial score (nSPS) is 21.8. The molecular formula is C11H21NO4. The lowest BCUT2D eigenvalue weighted by atomic mass is 10.2. The minimum absolute atomic E-state index is 0.0349. The Balaban J connectivity index is 2.09. The quantitative estimate of drug-likeness (QED) is 0.757. The molecule has 1 N–H and O–H groups in total. The van der Waals surface area contributed by atoms with Crippen LogP contribution in [-0.4, -0.2) is 50.6 Å². The van der Waals surface area contributed by atoms with E-state index in [-0.39, 0.29) is 24.2 Å². The summed E-state index contributed by atoms with van der Waals surface area (Å²) in [7, 11) is 0. The molecule has 0 aromatic rings. The van der Waals surface area contributed by atoms with Crippen molar-refractivity contribution in [3.8, 4) is 0 Å². The number of carbonyl (C=O) groups excluding carboxylic acids is 1. The third-order valence-corrected chi connectivity index (χ3v) is 2.05. The lowest BCUT2D eigenvalue weighted by Gasteiger charge is -2.23. The molecule has 0 aromatic heterocycles. The van der Waals surface area contributed by atoms with Crippen LogP contribution in [0.3, 0.4) is 0 Å². The second kappa shape index (κ2) is 6.18. The predicted octanol–water partition coefficient (Wildman–Crippen LogP) is 0.333. The molecule has 0 bridgehead atoms. The van der Waals surface area contributed by atoms with Crippen LogP contribution in [0.25, 0.3) is 0 Å². The molecular weight excluding hydrogens is 210 g/mol. The standard InChI is InChI=1S/C11H21NO4/c1-11(2,3)16-8-10(13)12-6-9-7-14-4-5-15-9/h9H,4-8H2,1-3H3,(H,12,13). The SMILES string of the molecule is CC(C)(C)OCC(=O)NCC1COCCO1. The van der Waals surface area contributed by atoms with Crippen LogP contribution in [0.15, 0.2) is 0 Å². The van der Waals surface area contributed by atoms with E-state index in [1.807, 2.05) is 20.8 Å². The van der Waals surface area contributed by atoms with Crippen molar-refractivity contribution < 1.29 is 19.0 Å². The first kappa shape index (κ1) is 13.4. The third-order valence-electron chi connectivity index (χ3n) is 2.05. The van der Waals surface area contributed by atoms with E-state index < -0.39 is 0 Å². The predicted molar refractivity (Wildman–Crippen MR) is 59.3 cm³/mol. The third kappa shape index (κ3) is 6.05. The van der Waals surface area contributed by atoms with Crippen molar-refractivity contribution in [2.75, 3.05) is 33.0 Å². The Morgan fingerprint density at radius 3 is 2.75 bits per heavy atom. The van der Waals surface area contributed by atoms with Gasteiger partial charge in [-0.3, -0.25) is 4.79 Å². The fourth-order valence-electron chi connectivity index (χ4n) is 1.22. The van der Waals surface area contributed by atoms with Crippen LogP contribution < -0.4 is 5.32 Å². The summed E-state index contributed by atoms with van der Waals surface area (Å²) < 4.78 is 16.0. The fraction of sp³-hybridized carbons (Fsp3) is 0.909. The highest BCUT2D eigenvalue weighted by Crippen LogP contribution is 2.05. The highest BCUT2D eigenvalue weighted by atomic mass is 16.6. The fourth-order valence-corrected chi connectivity index (χ4v) is 1.22. The maximum atomic E-state index is 11.4. The van der Waals surface area contributed by atoms with Gasteiger partial charge >= 0.3 is 0 Å². The molecule has 1 saturated heterocycles. The minimum Gasteiger partial charge on any atom is -0.376 e. The van der Waals surface area contributed by atoms with E-state index >= 15 is 0 Å². The summed E-state index contributed by atoms with van der Waals surface area (Å²) in [5.41, 5.74) is -0.290. The molecule has 1 amide bonds. The molecule has 0 saturated carbocycles. The Morgan fingerprint density at radius 1 is 1.44 bits per heavy atom. The Morgan fingerprint density at radius 2 is 2.19 bits per heavy atom. The van der Waals surface area contributed by atoms with Crippen LogP contribution in [-0.2, 0) is 19.0 Å². The first-order valence-corrected chi connectivity index (χ1v) is 5.57. The summed E-state index contributed by atoms with van der Waals surface area (Å²) in [5.74, 6) is -0.121. The van der Waals surface area contributed by atoms with Gasteiger partial charge in [-0.1, -0.05) is 0 Å². The number of hydrogen-bond acceptors (Lipinski definition) is 4. The lowest BCUT2D eigenvalue weighted by Crippen LogP contribution is -2.41. The van der Waals surface area contributed by atoms with E-state index in [2.05, 4.69) is 5.32 Å². The van der Waals surface area contributed by atoms with Gasteiger partial charge in [0.05, 0.1) is 31.5 Å². The molecule has 0 aromatic carbocycles. The number of ether oxygens (including phenoxy) is 3. The molecule has 0 aliphatic carbocycles. The number of nitrogens with one attached hydrogen (secondary N) is 1. The summed E-state index contributed by atoms with van der Waals surface area (Å²) in [6, 6.07) is 0. The van der Waals surface area contributed by atoms with Gasteiger partial charge in [0.15, 0.2) is 0 Å². The molecule has 94 valence electrons. The van der Waals surface area contributed by atoms with Gasteiger partial charge in [0.25, 0.3) is 0 Å². The monoisotopic (exact) mass is 231 g/mol. The Bertz CT molecular complexity index is 219. The summed E-state index contributed by atoms with van der Waals surface area (Å²) in [5, 5.41) is 2.76. The Kier molecular flexibility index (Phi) is 5.18. The molecule has 16 heavy (non-hydrogen) atoms. The summed E-state index contributed by atoms with van der Waals surface area (Å²) >= 11 is 0. The molecule has 1 rings (SSSR count). The zero-order valence-corrected chi connectivity index (χ0v) is 10.2. The van der Waals surface area contributed by atoms with E-state index in [1.54, 1.807) is 0 Å². The zero-order chi connectivity index (χ0) is 12.0. The van der Waals surface area contributed by atoms with Crippen molar-refractivity contribution in [1.82, 2.24) is 5.32 Å². The maximum absolute atomic E-state index is 11.4. The topological polar surface area (TPSA) is 56.8 Å². The second-order valence-electron chi connectivity index (χ2n) is 4.77. The van der Waals surface area contributed by atoms with Crippen LogP contribution in [0.5, 0.6) is 0 Å². The molecule has 1 unspecified atom stereocenters. The van der Waals surface area contributed by atoms with E-state index in [4.69, 9.17) is 14.2 Å². The lowest BCUT2D eigenvalue weighted by molar-refractivity contribution is -0.132. The van der Waals surface area contributed by atoms with Crippen LogP contribution in [0, 0.1) is 0 Å². The van der Waals surface area contributed by atoms with Crippen molar-refractivity contribution in [2.45, 2.75) is 32.5 Å². The highest BCUT2D eigenvalue weighted by molar-refractivity contribution is 5.77. The summed E-state index contributed by atoms with van der Waals surface area (Å²) in [4.78, 5) is 11.4. The molecule has 5 nitrogen and oxygen atoms in total. The average molecular weight is 231 g/mol. The molecule has 5 heteroatoms. The van der Waals surface area contributed by atoms with Crippen molar-refractivity contribution in [3.05, 3.63) is 0 Å². The van der Waals surface area contributed by atoms with Gasteiger partial charge in [-0.05, 0) is 20.8 Å². The average Bonchev–Trinajstić information content (AvgIpc) is 2.24. The Hall–Kier alpha value is -0.650. The number of carbonyl (C=O) groups is 1. The molecule has 0 radical (unpaired) electrons. The van der Waals surface area contributed by atoms with Gasteiger partial charge < -0.3 is 19.5 Å². The van der Waals surface area contributed by atoms with E-state index in [1.165, 1.54) is 0 Å². The summed E-state index contributed by atoms with van der Waals surface area (Å²) in [6.45, 7) is 8.08. The maximum Gasteiger partial charge on any atom is 0.246 e. The Labute approximate surface area is 96.4 Å². The van der Waals surface area contributed by atoms with Crippen LogP contribution >= 0.6 is 0 Å². The van der Waals surface area contributed by atoms with Crippen molar-refractivity contribution >= 4 is 5.91 Å². The molecule has 1 fully saturated rings. The van der Waals surface area contributed by atoms with Crippen molar-refractivity contribution in [2.24, 2.45) is 0 Å². The molecule has 0 spiro atoms. The van der Waals surface area contributed by atoms with E-state index in [0.29, 0.717) is 26.4 Å². The largest absolute Gasteiger partial charge is 0.376 e. The van der Waals surface area contributed by atoms with E-state index in [9.17, 15) is 4.79 Å². The second-order valence-corrected chi connectivity index (χ2v) is 4.77. The smallest absolute Gasteiger partial charge is 0.246 e.